The molecule has 0 atom stereocenters. The molecule has 0 radical (unpaired) electrons. The highest BCUT2D eigenvalue weighted by molar-refractivity contribution is 5.17. The number of nitrogens with one attached hydrogen (secondary N) is 1. The van der Waals surface area contributed by atoms with Gasteiger partial charge in [0.15, 0.2) is 0 Å². The maximum absolute atomic E-state index is 12.7. The molecule has 0 bridgehead atoms. The van der Waals surface area contributed by atoms with E-state index in [1.165, 1.54) is 17.7 Å². The second-order valence-electron chi connectivity index (χ2n) is 4.11. The molecule has 90 valence electrons. The van der Waals surface area contributed by atoms with Gasteiger partial charge in [0, 0.05) is 31.4 Å². The number of aromatic nitrogens is 2. The Kier molecular flexibility index (Phi) is 3.54. The molecule has 0 amide bonds. The van der Waals surface area contributed by atoms with E-state index in [0.717, 1.165) is 24.3 Å². The maximum Gasteiger partial charge on any atom is 0.123 e. The molecule has 1 N–H and O–H groups in total. The van der Waals surface area contributed by atoms with Crippen LogP contribution in [0, 0.1) is 12.7 Å². The van der Waals surface area contributed by atoms with Gasteiger partial charge < -0.3 is 5.32 Å². The Morgan fingerprint density at radius 2 is 1.94 bits per heavy atom. The third-order valence-electron chi connectivity index (χ3n) is 2.89. The Labute approximate surface area is 100 Å². The van der Waals surface area contributed by atoms with E-state index in [4.69, 9.17) is 0 Å². The predicted molar refractivity (Wildman–Crippen MR) is 64.9 cm³/mol. The van der Waals surface area contributed by atoms with Crippen LogP contribution in [0.1, 0.15) is 16.8 Å². The summed E-state index contributed by atoms with van der Waals surface area (Å²) in [6.07, 6.45) is 1.87. The zero-order valence-electron chi connectivity index (χ0n) is 10.1. The average molecular weight is 233 g/mol. The number of benzene rings is 1. The van der Waals surface area contributed by atoms with Crippen LogP contribution in [-0.2, 0) is 20.1 Å². The van der Waals surface area contributed by atoms with Gasteiger partial charge in [0.1, 0.15) is 5.82 Å². The first-order chi connectivity index (χ1) is 8.16. The van der Waals surface area contributed by atoms with Gasteiger partial charge in [-0.05, 0) is 24.6 Å². The molecule has 0 saturated carbocycles. The Hall–Kier alpha value is -1.68. The summed E-state index contributed by atoms with van der Waals surface area (Å²) in [5.74, 6) is -0.197. The van der Waals surface area contributed by atoms with Gasteiger partial charge in [0.2, 0.25) is 0 Å². The standard InChI is InChI=1S/C13H16FN3/c1-10-12(9-16-17(10)2)8-15-7-11-3-5-13(14)6-4-11/h3-6,9,15H,7-8H2,1-2H3. The van der Waals surface area contributed by atoms with E-state index in [-0.39, 0.29) is 5.82 Å². The van der Waals surface area contributed by atoms with Gasteiger partial charge in [0.25, 0.3) is 0 Å². The molecular formula is C13H16FN3. The van der Waals surface area contributed by atoms with Gasteiger partial charge in [0.05, 0.1) is 6.20 Å². The van der Waals surface area contributed by atoms with E-state index in [0.29, 0.717) is 0 Å². The Morgan fingerprint density at radius 3 is 2.53 bits per heavy atom. The highest BCUT2D eigenvalue weighted by Gasteiger charge is 2.02. The van der Waals surface area contributed by atoms with Crippen molar-refractivity contribution in [3.05, 3.63) is 53.1 Å². The smallest absolute Gasteiger partial charge is 0.123 e. The lowest BCUT2D eigenvalue weighted by Crippen LogP contribution is -2.13. The van der Waals surface area contributed by atoms with Crippen molar-refractivity contribution in [3.8, 4) is 0 Å². The van der Waals surface area contributed by atoms with Crippen molar-refractivity contribution in [2.24, 2.45) is 7.05 Å². The lowest BCUT2D eigenvalue weighted by Gasteiger charge is -2.04. The molecule has 1 heterocycles. The summed E-state index contributed by atoms with van der Waals surface area (Å²) in [4.78, 5) is 0. The van der Waals surface area contributed by atoms with Crippen LogP contribution >= 0.6 is 0 Å². The van der Waals surface area contributed by atoms with E-state index in [1.54, 1.807) is 12.1 Å². The van der Waals surface area contributed by atoms with Crippen molar-refractivity contribution in [2.45, 2.75) is 20.0 Å². The van der Waals surface area contributed by atoms with Gasteiger partial charge in [-0.15, -0.1) is 0 Å². The van der Waals surface area contributed by atoms with Crippen LogP contribution in [-0.4, -0.2) is 9.78 Å². The largest absolute Gasteiger partial charge is 0.308 e. The summed E-state index contributed by atoms with van der Waals surface area (Å²) >= 11 is 0. The molecule has 17 heavy (non-hydrogen) atoms. The molecule has 2 aromatic rings. The predicted octanol–water partition coefficient (Wildman–Crippen LogP) is 2.16. The minimum absolute atomic E-state index is 0.197. The van der Waals surface area contributed by atoms with Crippen LogP contribution in [0.5, 0.6) is 0 Å². The molecule has 1 aromatic carbocycles. The second-order valence-corrected chi connectivity index (χ2v) is 4.11. The Bertz CT molecular complexity index is 488. The zero-order valence-corrected chi connectivity index (χ0v) is 10.1. The number of rotatable bonds is 4. The highest BCUT2D eigenvalue weighted by atomic mass is 19.1. The molecule has 1 aromatic heterocycles. The number of hydrogen-bond acceptors (Lipinski definition) is 2. The monoisotopic (exact) mass is 233 g/mol. The summed E-state index contributed by atoms with van der Waals surface area (Å²) in [5.41, 5.74) is 3.43. The number of halogens is 1. The molecule has 0 aliphatic carbocycles. The van der Waals surface area contributed by atoms with Crippen LogP contribution in [0.25, 0.3) is 0 Å². The molecule has 0 spiro atoms. The minimum Gasteiger partial charge on any atom is -0.308 e. The third-order valence-corrected chi connectivity index (χ3v) is 2.89. The van der Waals surface area contributed by atoms with E-state index in [2.05, 4.69) is 10.4 Å². The molecular weight excluding hydrogens is 217 g/mol. The summed E-state index contributed by atoms with van der Waals surface area (Å²) in [5, 5.41) is 7.50. The lowest BCUT2D eigenvalue weighted by molar-refractivity contribution is 0.624. The molecule has 4 heteroatoms. The van der Waals surface area contributed by atoms with Crippen molar-refractivity contribution in [1.82, 2.24) is 15.1 Å². The fourth-order valence-corrected chi connectivity index (χ4v) is 1.66. The Morgan fingerprint density at radius 1 is 1.24 bits per heavy atom. The molecule has 0 unspecified atom stereocenters. The maximum atomic E-state index is 12.7. The molecule has 3 nitrogen and oxygen atoms in total. The van der Waals surface area contributed by atoms with Crippen molar-refractivity contribution in [2.75, 3.05) is 0 Å². The van der Waals surface area contributed by atoms with Crippen LogP contribution in [0.4, 0.5) is 4.39 Å². The Balaban J connectivity index is 1.87. The topological polar surface area (TPSA) is 29.9 Å². The molecule has 0 saturated heterocycles. The SMILES string of the molecule is Cc1c(CNCc2ccc(F)cc2)cnn1C. The number of nitrogens with zero attached hydrogens (tertiary/aromatic N) is 2. The van der Waals surface area contributed by atoms with Gasteiger partial charge in [-0.25, -0.2) is 4.39 Å². The van der Waals surface area contributed by atoms with E-state index < -0.39 is 0 Å². The van der Waals surface area contributed by atoms with Crippen LogP contribution in [0.2, 0.25) is 0 Å². The van der Waals surface area contributed by atoms with Crippen LogP contribution in [0.15, 0.2) is 30.5 Å². The fourth-order valence-electron chi connectivity index (χ4n) is 1.66. The van der Waals surface area contributed by atoms with Gasteiger partial charge in [-0.2, -0.15) is 5.10 Å². The van der Waals surface area contributed by atoms with Crippen molar-refractivity contribution in [1.29, 1.82) is 0 Å². The summed E-state index contributed by atoms with van der Waals surface area (Å²) in [6, 6.07) is 6.54. The van der Waals surface area contributed by atoms with Gasteiger partial charge >= 0.3 is 0 Å². The van der Waals surface area contributed by atoms with E-state index in [1.807, 2.05) is 24.9 Å². The average Bonchev–Trinajstić information content (AvgIpc) is 2.64. The summed E-state index contributed by atoms with van der Waals surface area (Å²) in [7, 11) is 1.93. The van der Waals surface area contributed by atoms with E-state index in [9.17, 15) is 4.39 Å². The van der Waals surface area contributed by atoms with Crippen molar-refractivity contribution in [3.63, 3.8) is 0 Å². The number of hydrogen-bond donors (Lipinski definition) is 1. The first kappa shape index (κ1) is 11.8. The van der Waals surface area contributed by atoms with Gasteiger partial charge in [-0.1, -0.05) is 12.1 Å². The molecule has 2 rings (SSSR count). The lowest BCUT2D eigenvalue weighted by atomic mass is 10.2. The third kappa shape index (κ3) is 2.91. The van der Waals surface area contributed by atoms with Crippen molar-refractivity contribution < 1.29 is 4.39 Å². The minimum atomic E-state index is -0.197. The highest BCUT2D eigenvalue weighted by Crippen LogP contribution is 2.06. The normalized spacial score (nSPS) is 10.8. The molecule has 0 fully saturated rings. The fraction of sp³-hybridized carbons (Fsp3) is 0.308. The second kappa shape index (κ2) is 5.10. The summed E-state index contributed by atoms with van der Waals surface area (Å²) in [6.45, 7) is 3.55. The summed E-state index contributed by atoms with van der Waals surface area (Å²) < 4.78 is 14.6. The van der Waals surface area contributed by atoms with E-state index >= 15 is 0 Å². The number of aryl methyl sites for hydroxylation is 1. The van der Waals surface area contributed by atoms with Gasteiger partial charge in [-0.3, -0.25) is 4.68 Å². The first-order valence-corrected chi connectivity index (χ1v) is 5.59. The zero-order chi connectivity index (χ0) is 12.3. The van der Waals surface area contributed by atoms with Crippen molar-refractivity contribution >= 4 is 0 Å². The first-order valence-electron chi connectivity index (χ1n) is 5.59. The quantitative estimate of drug-likeness (QED) is 0.877. The van der Waals surface area contributed by atoms with Crippen LogP contribution < -0.4 is 5.32 Å². The molecule has 0 aliphatic heterocycles. The van der Waals surface area contributed by atoms with Crippen LogP contribution in [0.3, 0.4) is 0 Å². The molecule has 0 aliphatic rings.